The van der Waals surface area contributed by atoms with Crippen LogP contribution in [0.5, 0.6) is 0 Å². The predicted octanol–water partition coefficient (Wildman–Crippen LogP) is 4.22. The van der Waals surface area contributed by atoms with E-state index < -0.39 is 0 Å². The molecule has 0 aromatic heterocycles. The van der Waals surface area contributed by atoms with E-state index in [0.717, 1.165) is 6.42 Å². The molecular weight excluding hydrogens is 500 g/mol. The van der Waals surface area contributed by atoms with Crippen molar-refractivity contribution >= 4 is 61.0 Å². The molecule has 29 heavy (non-hydrogen) atoms. The maximum Gasteiger partial charge on any atom is 0.255 e. The second kappa shape index (κ2) is 7.06. The van der Waals surface area contributed by atoms with Crippen molar-refractivity contribution in [3.05, 3.63) is 60.2 Å². The van der Waals surface area contributed by atoms with E-state index in [1.165, 1.54) is 4.90 Å². The molecule has 3 fully saturated rings. The van der Waals surface area contributed by atoms with Crippen LogP contribution in [0.4, 0.5) is 11.4 Å². The Morgan fingerprint density at radius 3 is 1.97 bits per heavy atom. The van der Waals surface area contributed by atoms with E-state index in [4.69, 9.17) is 0 Å². The Kier molecular flexibility index (Phi) is 4.62. The van der Waals surface area contributed by atoms with Gasteiger partial charge >= 0.3 is 0 Å². The molecule has 6 atom stereocenters. The number of amides is 3. The van der Waals surface area contributed by atoms with Gasteiger partial charge in [-0.2, -0.15) is 0 Å². The second-order valence-electron chi connectivity index (χ2n) is 7.88. The molecule has 2 bridgehead atoms. The van der Waals surface area contributed by atoms with Crippen LogP contribution in [0.1, 0.15) is 16.8 Å². The number of hydrogen-bond acceptors (Lipinski definition) is 3. The summed E-state index contributed by atoms with van der Waals surface area (Å²) in [6, 6.07) is 15.9. The zero-order valence-electron chi connectivity index (χ0n) is 15.3. The Morgan fingerprint density at radius 1 is 0.862 bits per heavy atom. The first-order valence-electron chi connectivity index (χ1n) is 9.60. The van der Waals surface area contributed by atoms with E-state index in [0.29, 0.717) is 16.9 Å². The van der Waals surface area contributed by atoms with E-state index in [-0.39, 0.29) is 51.0 Å². The van der Waals surface area contributed by atoms with Gasteiger partial charge in [-0.3, -0.25) is 19.3 Å². The number of nitrogens with zero attached hydrogens (tertiary/aromatic N) is 1. The van der Waals surface area contributed by atoms with Gasteiger partial charge in [-0.05, 0) is 54.7 Å². The molecule has 3 aliphatic rings. The maximum absolute atomic E-state index is 13.1. The summed E-state index contributed by atoms with van der Waals surface area (Å²) in [5.41, 5.74) is 1.71. The van der Waals surface area contributed by atoms with Gasteiger partial charge < -0.3 is 5.32 Å². The minimum atomic E-state index is -0.244. The molecule has 2 aliphatic carbocycles. The van der Waals surface area contributed by atoms with Crippen LogP contribution >= 0.6 is 31.9 Å². The third kappa shape index (κ3) is 2.89. The van der Waals surface area contributed by atoms with Crippen molar-refractivity contribution in [1.29, 1.82) is 0 Å². The maximum atomic E-state index is 13.1. The van der Waals surface area contributed by atoms with Gasteiger partial charge in [0.15, 0.2) is 0 Å². The summed E-state index contributed by atoms with van der Waals surface area (Å²) in [4.78, 5) is 40.4. The number of imide groups is 1. The van der Waals surface area contributed by atoms with Gasteiger partial charge in [0.2, 0.25) is 11.8 Å². The summed E-state index contributed by atoms with van der Waals surface area (Å²) in [6.45, 7) is 0. The summed E-state index contributed by atoms with van der Waals surface area (Å²) in [6.07, 6.45) is 0.908. The molecule has 2 aromatic rings. The van der Waals surface area contributed by atoms with E-state index in [1.807, 2.05) is 30.3 Å². The lowest BCUT2D eigenvalue weighted by Gasteiger charge is -2.28. The summed E-state index contributed by atoms with van der Waals surface area (Å²) in [7, 11) is 0. The number of alkyl halides is 2. The van der Waals surface area contributed by atoms with Gasteiger partial charge in [-0.15, -0.1) is 0 Å². The molecule has 5 rings (SSSR count). The molecule has 1 N–H and O–H groups in total. The molecule has 0 unspecified atom stereocenters. The molecule has 5 nitrogen and oxygen atoms in total. The fourth-order valence-electron chi connectivity index (χ4n) is 5.09. The molecule has 0 spiro atoms. The van der Waals surface area contributed by atoms with Crippen LogP contribution in [0.25, 0.3) is 0 Å². The number of fused-ring (bicyclic) bond motifs is 5. The molecule has 1 heterocycles. The van der Waals surface area contributed by atoms with Gasteiger partial charge in [-0.1, -0.05) is 50.1 Å². The standard InChI is InChI=1S/C22H18Br2N2O3/c23-18-14-10-15(19(18)24)17-16(14)21(28)26(22(17)29)13-8-6-11(7-9-13)20(27)25-12-4-2-1-3-5-12/h1-9,14-19H,10H2,(H,25,27)/t14-,15+,16-,17+,18-,19+. The third-order valence-corrected chi connectivity index (χ3v) is 9.61. The number of anilines is 2. The molecule has 1 saturated heterocycles. The zero-order valence-corrected chi connectivity index (χ0v) is 18.5. The van der Waals surface area contributed by atoms with Crippen LogP contribution in [0.3, 0.4) is 0 Å². The number of halogens is 2. The van der Waals surface area contributed by atoms with Crippen molar-refractivity contribution in [2.45, 2.75) is 16.1 Å². The molecule has 0 radical (unpaired) electrons. The second-order valence-corrected chi connectivity index (χ2v) is 10.00. The molecule has 7 heteroatoms. The lowest BCUT2D eigenvalue weighted by molar-refractivity contribution is -0.123. The Hall–Kier alpha value is -1.99. The Bertz CT molecular complexity index is 963. The van der Waals surface area contributed by atoms with Crippen molar-refractivity contribution in [2.24, 2.45) is 23.7 Å². The van der Waals surface area contributed by atoms with Crippen LogP contribution in [-0.2, 0) is 9.59 Å². The number of carbonyl (C=O) groups excluding carboxylic acids is 3. The molecular formula is C22H18Br2N2O3. The predicted molar refractivity (Wildman–Crippen MR) is 117 cm³/mol. The zero-order chi connectivity index (χ0) is 20.3. The van der Waals surface area contributed by atoms with Gasteiger partial charge in [0.05, 0.1) is 17.5 Å². The number of nitrogens with one attached hydrogen (secondary N) is 1. The van der Waals surface area contributed by atoms with Crippen molar-refractivity contribution in [1.82, 2.24) is 0 Å². The van der Waals surface area contributed by atoms with E-state index >= 15 is 0 Å². The highest BCUT2D eigenvalue weighted by molar-refractivity contribution is 9.12. The Morgan fingerprint density at radius 2 is 1.41 bits per heavy atom. The first-order chi connectivity index (χ1) is 14.0. The summed E-state index contributed by atoms with van der Waals surface area (Å²) < 4.78 is 0. The van der Waals surface area contributed by atoms with Gasteiger partial charge in [0.25, 0.3) is 5.91 Å². The summed E-state index contributed by atoms with van der Waals surface area (Å²) >= 11 is 7.40. The van der Waals surface area contributed by atoms with E-state index in [2.05, 4.69) is 37.2 Å². The van der Waals surface area contributed by atoms with Crippen LogP contribution < -0.4 is 10.2 Å². The van der Waals surface area contributed by atoms with E-state index in [9.17, 15) is 14.4 Å². The van der Waals surface area contributed by atoms with Crippen molar-refractivity contribution in [3.8, 4) is 0 Å². The van der Waals surface area contributed by atoms with Gasteiger partial charge in [0, 0.05) is 20.9 Å². The van der Waals surface area contributed by atoms with Crippen molar-refractivity contribution in [3.63, 3.8) is 0 Å². The largest absolute Gasteiger partial charge is 0.322 e. The molecule has 3 amide bonds. The average Bonchev–Trinajstić information content (AvgIpc) is 3.34. The Balaban J connectivity index is 1.36. The monoisotopic (exact) mass is 516 g/mol. The SMILES string of the molecule is O=C(Nc1ccccc1)c1ccc(N2C(=O)[C@@H]3[C@H]4C[C@H]([C@H](Br)[C@@H]4Br)[C@@H]3C2=O)cc1. The lowest BCUT2D eigenvalue weighted by Crippen LogP contribution is -2.37. The lowest BCUT2D eigenvalue weighted by atomic mass is 9.81. The highest BCUT2D eigenvalue weighted by Gasteiger charge is 2.66. The normalized spacial score (nSPS) is 32.6. The number of rotatable bonds is 3. The third-order valence-electron chi connectivity index (χ3n) is 6.41. The van der Waals surface area contributed by atoms with Gasteiger partial charge in [0.1, 0.15) is 0 Å². The summed E-state index contributed by atoms with van der Waals surface area (Å²) in [5, 5.41) is 2.83. The quantitative estimate of drug-likeness (QED) is 0.489. The average molecular weight is 518 g/mol. The first-order valence-corrected chi connectivity index (χ1v) is 11.4. The topological polar surface area (TPSA) is 66.5 Å². The van der Waals surface area contributed by atoms with Crippen LogP contribution in [0.15, 0.2) is 54.6 Å². The highest BCUT2D eigenvalue weighted by atomic mass is 79.9. The fraction of sp³-hybridized carbons (Fsp3) is 0.318. The molecule has 2 saturated carbocycles. The van der Waals surface area contributed by atoms with Crippen LogP contribution in [-0.4, -0.2) is 27.4 Å². The number of carbonyl (C=O) groups is 3. The minimum absolute atomic E-state index is 0.113. The highest BCUT2D eigenvalue weighted by Crippen LogP contribution is 2.60. The number of para-hydroxylation sites is 1. The minimum Gasteiger partial charge on any atom is -0.322 e. The smallest absolute Gasteiger partial charge is 0.255 e. The summed E-state index contributed by atoms with van der Waals surface area (Å²) in [5.74, 6) is -0.575. The van der Waals surface area contributed by atoms with Crippen LogP contribution in [0.2, 0.25) is 0 Å². The van der Waals surface area contributed by atoms with Crippen molar-refractivity contribution < 1.29 is 14.4 Å². The van der Waals surface area contributed by atoms with Crippen LogP contribution in [0, 0.1) is 23.7 Å². The number of benzene rings is 2. The van der Waals surface area contributed by atoms with Gasteiger partial charge in [-0.25, -0.2) is 0 Å². The Labute approximate surface area is 185 Å². The molecule has 1 aliphatic heterocycles. The fourth-order valence-corrected chi connectivity index (χ4v) is 6.96. The molecule has 2 aromatic carbocycles. The number of hydrogen-bond donors (Lipinski definition) is 1. The molecule has 148 valence electrons. The van der Waals surface area contributed by atoms with E-state index in [1.54, 1.807) is 24.3 Å². The first kappa shape index (κ1) is 19.0. The van der Waals surface area contributed by atoms with Crippen molar-refractivity contribution in [2.75, 3.05) is 10.2 Å².